The molecule has 22 heteroatoms. The zero-order chi connectivity index (χ0) is 18.0. The third-order valence-corrected chi connectivity index (χ3v) is 0. The van der Waals surface area contributed by atoms with Crippen LogP contribution < -0.4 is 0 Å². The van der Waals surface area contributed by atoms with E-state index in [1.165, 1.54) is 0 Å². The maximum atomic E-state index is 8.88. The first kappa shape index (κ1) is 38.4. The molecule has 0 aliphatic rings. The Morgan fingerprint density at radius 3 is 0.545 bits per heavy atom. The Morgan fingerprint density at radius 2 is 0.545 bits per heavy atom. The zero-order valence-corrected chi connectivity index (χ0v) is 15.1. The quantitative estimate of drug-likeness (QED) is 0.137. The minimum absolute atomic E-state index is 0. The van der Waals surface area contributed by atoms with Crippen molar-refractivity contribution in [1.29, 1.82) is 0 Å². The van der Waals surface area contributed by atoms with E-state index in [1.54, 1.807) is 0 Å². The molecule has 0 unspecified atom stereocenters. The van der Waals surface area contributed by atoms with E-state index >= 15 is 0 Å². The van der Waals surface area contributed by atoms with E-state index in [9.17, 15) is 0 Å². The van der Waals surface area contributed by atoms with E-state index in [0.29, 0.717) is 0 Å². The molecular formula is H3Al2O16PS3. The van der Waals surface area contributed by atoms with Gasteiger partial charge in [-0.05, 0) is 0 Å². The van der Waals surface area contributed by atoms with Gasteiger partial charge in [0.25, 0.3) is 0 Å². The molecule has 128 valence electrons. The average molecular weight is 440 g/mol. The summed E-state index contributed by atoms with van der Waals surface area (Å²) in [6, 6.07) is 0. The van der Waals surface area contributed by atoms with E-state index < -0.39 is 39.0 Å². The summed E-state index contributed by atoms with van der Waals surface area (Å²) in [5.74, 6) is 0. The largest absolute Gasteiger partial charge is 3.00 e. The van der Waals surface area contributed by atoms with Gasteiger partial charge >= 0.3 is 42.5 Å². The summed E-state index contributed by atoms with van der Waals surface area (Å²) < 4.78 is 111. The van der Waals surface area contributed by atoms with E-state index in [-0.39, 0.29) is 34.7 Å². The van der Waals surface area contributed by atoms with E-state index in [2.05, 4.69) is 0 Å². The molecule has 0 fully saturated rings. The van der Waals surface area contributed by atoms with Crippen molar-refractivity contribution in [2.75, 3.05) is 0 Å². The van der Waals surface area contributed by atoms with Crippen LogP contribution in [0.25, 0.3) is 0 Å². The Hall–Kier alpha value is 0.785. The van der Waals surface area contributed by atoms with Gasteiger partial charge in [-0.25, -0.2) is 4.57 Å². The van der Waals surface area contributed by atoms with Crippen LogP contribution in [0.2, 0.25) is 0 Å². The van der Waals surface area contributed by atoms with E-state index in [1.807, 2.05) is 0 Å². The Balaban J connectivity index is -0.0000000376. The number of rotatable bonds is 0. The van der Waals surface area contributed by atoms with Crippen molar-refractivity contribution in [3.8, 4) is 0 Å². The van der Waals surface area contributed by atoms with E-state index in [0.717, 1.165) is 0 Å². The summed E-state index contributed by atoms with van der Waals surface area (Å²) in [4.78, 5) is 21.6. The smallest absolute Gasteiger partial charge is 0.759 e. The van der Waals surface area contributed by atoms with Gasteiger partial charge in [0.1, 0.15) is 0 Å². The van der Waals surface area contributed by atoms with Crippen LogP contribution in [-0.4, -0.2) is 102 Å². The van der Waals surface area contributed by atoms with Crippen molar-refractivity contribution in [2.45, 2.75) is 0 Å². The predicted octanol–water partition coefficient (Wildman–Crippen LogP) is -5.70. The van der Waals surface area contributed by atoms with Crippen LogP contribution in [-0.2, 0) is 35.8 Å². The molecule has 0 radical (unpaired) electrons. The summed E-state index contributed by atoms with van der Waals surface area (Å²) in [6.45, 7) is 0. The van der Waals surface area contributed by atoms with Crippen LogP contribution in [0.15, 0.2) is 0 Å². The van der Waals surface area contributed by atoms with Gasteiger partial charge in [-0.1, -0.05) is 0 Å². The molecule has 0 aliphatic heterocycles. The summed E-state index contributed by atoms with van der Waals surface area (Å²) in [5, 5.41) is 0. The minimum Gasteiger partial charge on any atom is -0.759 e. The Labute approximate surface area is 145 Å². The summed E-state index contributed by atoms with van der Waals surface area (Å²) in [5.41, 5.74) is 0. The molecule has 0 saturated heterocycles. The fraction of sp³-hybridized carbons (Fsp3) is 0. The predicted molar refractivity (Wildman–Crippen MR) is 57.2 cm³/mol. The monoisotopic (exact) mass is 440 g/mol. The average Bonchev–Trinajstić information content (AvgIpc) is 1.62. The molecule has 0 atom stereocenters. The Kier molecular flexibility index (Phi) is 26.7. The van der Waals surface area contributed by atoms with Gasteiger partial charge < -0.3 is 42.0 Å². The van der Waals surface area contributed by atoms with Gasteiger partial charge in [0.15, 0.2) is 0 Å². The van der Waals surface area contributed by atoms with Crippen LogP contribution in [0.4, 0.5) is 0 Å². The number of hydrogen-bond acceptors (Lipinski definition) is 13. The van der Waals surface area contributed by atoms with Crippen molar-refractivity contribution in [2.24, 2.45) is 0 Å². The first-order chi connectivity index (χ1) is 8.00. The van der Waals surface area contributed by atoms with Crippen molar-refractivity contribution < 1.29 is 71.8 Å². The number of hydrogen-bond donors (Lipinski definition) is 3. The second-order valence-corrected chi connectivity index (χ2v) is 5.21. The fourth-order valence-electron chi connectivity index (χ4n) is 0. The van der Waals surface area contributed by atoms with Crippen LogP contribution in [0.3, 0.4) is 0 Å². The first-order valence-electron chi connectivity index (χ1n) is 2.78. The van der Waals surface area contributed by atoms with Gasteiger partial charge in [0.2, 0.25) is 0 Å². The molecule has 0 saturated carbocycles. The van der Waals surface area contributed by atoms with Crippen LogP contribution >= 0.6 is 7.82 Å². The first-order valence-corrected chi connectivity index (χ1v) is 8.35. The van der Waals surface area contributed by atoms with Crippen molar-refractivity contribution in [3.05, 3.63) is 0 Å². The molecule has 22 heavy (non-hydrogen) atoms. The van der Waals surface area contributed by atoms with Gasteiger partial charge in [0.05, 0.1) is 0 Å². The van der Waals surface area contributed by atoms with Gasteiger partial charge in [-0.2, -0.15) is 0 Å². The second kappa shape index (κ2) is 15.3. The van der Waals surface area contributed by atoms with Crippen molar-refractivity contribution in [1.82, 2.24) is 0 Å². The fourth-order valence-corrected chi connectivity index (χ4v) is 0. The number of phosphoric acid groups is 1. The molecule has 0 amide bonds. The topological polar surface area (TPSA) is 319 Å². The van der Waals surface area contributed by atoms with Gasteiger partial charge in [-0.3, -0.25) is 25.3 Å². The third-order valence-electron chi connectivity index (χ3n) is 0. The third kappa shape index (κ3) is 13200. The summed E-state index contributed by atoms with van der Waals surface area (Å²) in [7, 11) is -20.1. The summed E-state index contributed by atoms with van der Waals surface area (Å²) in [6.07, 6.45) is 0. The maximum absolute atomic E-state index is 8.88. The SMILES string of the molecule is O=P(O)(O)O.O=S(=O)([O-])[O-].O=S(=O)([O-])[O-].O=S(=O)([O-])[O-].[Al+3].[Al+3]. The standard InChI is InChI=1S/2Al.H3O4P.3H2O4S/c;;4*1-5(2,3)4/h;;(H3,1,2,3,4);3*(H2,1,2,3,4)/q2*+3;;;;/p-6. The molecule has 0 aromatic carbocycles. The van der Waals surface area contributed by atoms with E-state index in [4.69, 9.17) is 71.8 Å². The molecule has 0 rings (SSSR count). The second-order valence-electron chi connectivity index (χ2n) is 1.74. The Bertz CT molecular complexity index is 470. The molecule has 0 aromatic heterocycles. The summed E-state index contributed by atoms with van der Waals surface area (Å²) >= 11 is 0. The molecule has 3 N–H and O–H groups in total. The normalized spacial score (nSPS) is 10.6. The zero-order valence-electron chi connectivity index (χ0n) is 9.48. The molecular weight excluding hydrogens is 437 g/mol. The maximum Gasteiger partial charge on any atom is 3.00 e. The van der Waals surface area contributed by atoms with Gasteiger partial charge in [0, 0.05) is 31.2 Å². The van der Waals surface area contributed by atoms with Crippen molar-refractivity contribution in [3.63, 3.8) is 0 Å². The van der Waals surface area contributed by atoms with Crippen molar-refractivity contribution >= 4 is 73.7 Å². The molecule has 0 aliphatic carbocycles. The van der Waals surface area contributed by atoms with Gasteiger partial charge in [-0.15, -0.1) is 0 Å². The van der Waals surface area contributed by atoms with Crippen LogP contribution in [0.5, 0.6) is 0 Å². The van der Waals surface area contributed by atoms with Crippen LogP contribution in [0, 0.1) is 0 Å². The molecule has 16 nitrogen and oxygen atoms in total. The molecule has 0 aromatic rings. The Morgan fingerprint density at radius 1 is 0.545 bits per heavy atom. The molecule has 0 spiro atoms. The molecule has 0 heterocycles. The minimum atomic E-state index is -5.17. The molecule has 0 bridgehead atoms. The van der Waals surface area contributed by atoms with Crippen LogP contribution in [0.1, 0.15) is 0 Å².